The van der Waals surface area contributed by atoms with Crippen LogP contribution in [-0.4, -0.2) is 12.3 Å². The first-order valence-corrected chi connectivity index (χ1v) is 3.32. The van der Waals surface area contributed by atoms with Crippen molar-refractivity contribution < 1.29 is 4.84 Å². The van der Waals surface area contributed by atoms with E-state index in [-0.39, 0.29) is 5.60 Å². The van der Waals surface area contributed by atoms with E-state index in [1.165, 1.54) is 0 Å². The summed E-state index contributed by atoms with van der Waals surface area (Å²) >= 11 is 0. The zero-order valence-electron chi connectivity index (χ0n) is 6.48. The van der Waals surface area contributed by atoms with Crippen LogP contribution in [0.3, 0.4) is 0 Å². The molecule has 54 valence electrons. The van der Waals surface area contributed by atoms with Gasteiger partial charge in [-0.05, 0) is 19.8 Å². The number of oxime groups is 1. The van der Waals surface area contributed by atoms with Gasteiger partial charge in [0.15, 0.2) is 0 Å². The lowest BCUT2D eigenvalue weighted by Crippen LogP contribution is -2.23. The maximum atomic E-state index is 5.04. The zero-order chi connectivity index (χ0) is 7.33. The van der Waals surface area contributed by atoms with Gasteiger partial charge in [-0.2, -0.15) is 0 Å². The summed E-state index contributed by atoms with van der Waals surface area (Å²) in [5.74, 6) is 0. The fourth-order valence-corrected chi connectivity index (χ4v) is 0.535. The normalized spacial score (nSPS) is 11.0. The van der Waals surface area contributed by atoms with E-state index in [2.05, 4.69) is 25.7 Å². The molecular weight excluding hydrogens is 114 g/mol. The van der Waals surface area contributed by atoms with Gasteiger partial charge in [-0.1, -0.05) is 13.8 Å². The zero-order valence-corrected chi connectivity index (χ0v) is 6.48. The molecule has 0 radical (unpaired) electrons. The molecule has 0 aliphatic carbocycles. The Hall–Kier alpha value is -0.530. The molecule has 0 fully saturated rings. The van der Waals surface area contributed by atoms with Crippen molar-refractivity contribution in [2.75, 3.05) is 0 Å². The highest BCUT2D eigenvalue weighted by Crippen LogP contribution is 2.18. The lowest BCUT2D eigenvalue weighted by atomic mass is 10.0. The predicted octanol–water partition coefficient (Wildman–Crippen LogP) is 2.20. The minimum atomic E-state index is -0.0955. The Morgan fingerprint density at radius 2 is 1.89 bits per heavy atom. The van der Waals surface area contributed by atoms with E-state index in [1.807, 2.05) is 6.92 Å². The van der Waals surface area contributed by atoms with Crippen LogP contribution >= 0.6 is 0 Å². The molecule has 0 saturated carbocycles. The fourth-order valence-electron chi connectivity index (χ4n) is 0.535. The SMILES string of the molecule is C=NOC(C)(CC)CC. The molecular formula is C7H15NO. The molecule has 0 atom stereocenters. The highest BCUT2D eigenvalue weighted by molar-refractivity contribution is 5.21. The third-order valence-corrected chi connectivity index (χ3v) is 1.78. The van der Waals surface area contributed by atoms with Crippen LogP contribution in [0.4, 0.5) is 0 Å². The van der Waals surface area contributed by atoms with Crippen LogP contribution in [0.15, 0.2) is 5.16 Å². The first-order valence-electron chi connectivity index (χ1n) is 3.32. The molecule has 2 nitrogen and oxygen atoms in total. The van der Waals surface area contributed by atoms with Crippen molar-refractivity contribution in [1.29, 1.82) is 0 Å². The maximum absolute atomic E-state index is 5.04. The lowest BCUT2D eigenvalue weighted by Gasteiger charge is -2.22. The Balaban J connectivity index is 3.75. The summed E-state index contributed by atoms with van der Waals surface area (Å²) < 4.78 is 0. The van der Waals surface area contributed by atoms with Gasteiger partial charge in [-0.3, -0.25) is 0 Å². The summed E-state index contributed by atoms with van der Waals surface area (Å²) in [6, 6.07) is 0. The predicted molar refractivity (Wildman–Crippen MR) is 39.6 cm³/mol. The topological polar surface area (TPSA) is 21.6 Å². The van der Waals surface area contributed by atoms with Crippen LogP contribution in [0.5, 0.6) is 0 Å². The molecule has 0 spiro atoms. The van der Waals surface area contributed by atoms with Crippen molar-refractivity contribution in [2.45, 2.75) is 39.2 Å². The smallest absolute Gasteiger partial charge is 0.134 e. The minimum absolute atomic E-state index is 0.0955. The molecule has 0 amide bonds. The molecule has 0 bridgehead atoms. The summed E-state index contributed by atoms with van der Waals surface area (Å²) in [5, 5.41) is 3.40. The van der Waals surface area contributed by atoms with Gasteiger partial charge in [0.1, 0.15) is 5.60 Å². The van der Waals surface area contributed by atoms with Gasteiger partial charge in [0.2, 0.25) is 0 Å². The third-order valence-electron chi connectivity index (χ3n) is 1.78. The summed E-state index contributed by atoms with van der Waals surface area (Å²) in [7, 11) is 0. The molecule has 0 N–H and O–H groups in total. The molecule has 0 aromatic carbocycles. The van der Waals surface area contributed by atoms with Crippen LogP contribution in [0, 0.1) is 0 Å². The average Bonchev–Trinajstić information content (AvgIpc) is 1.89. The number of nitrogens with zero attached hydrogens (tertiary/aromatic N) is 1. The highest BCUT2D eigenvalue weighted by atomic mass is 16.6. The van der Waals surface area contributed by atoms with E-state index in [1.54, 1.807) is 0 Å². The van der Waals surface area contributed by atoms with Gasteiger partial charge >= 0.3 is 0 Å². The highest BCUT2D eigenvalue weighted by Gasteiger charge is 2.20. The van der Waals surface area contributed by atoms with E-state index in [0.29, 0.717) is 0 Å². The van der Waals surface area contributed by atoms with Crippen molar-refractivity contribution in [3.05, 3.63) is 0 Å². The van der Waals surface area contributed by atoms with Gasteiger partial charge in [-0.15, -0.1) is 5.16 Å². The second-order valence-electron chi connectivity index (χ2n) is 2.38. The van der Waals surface area contributed by atoms with E-state index in [9.17, 15) is 0 Å². The summed E-state index contributed by atoms with van der Waals surface area (Å²) in [6.45, 7) is 9.45. The fraction of sp³-hybridized carbons (Fsp3) is 0.857. The Morgan fingerprint density at radius 1 is 1.44 bits per heavy atom. The monoisotopic (exact) mass is 129 g/mol. The second kappa shape index (κ2) is 3.49. The Morgan fingerprint density at radius 3 is 2.00 bits per heavy atom. The van der Waals surface area contributed by atoms with Crippen molar-refractivity contribution in [3.63, 3.8) is 0 Å². The molecule has 0 aliphatic rings. The number of hydrogen-bond donors (Lipinski definition) is 0. The van der Waals surface area contributed by atoms with Gasteiger partial charge in [-0.25, -0.2) is 0 Å². The van der Waals surface area contributed by atoms with E-state index in [0.717, 1.165) is 12.8 Å². The molecule has 0 aromatic rings. The third kappa shape index (κ3) is 2.49. The number of hydrogen-bond acceptors (Lipinski definition) is 2. The Kier molecular flexibility index (Phi) is 3.28. The van der Waals surface area contributed by atoms with Crippen LogP contribution in [0.2, 0.25) is 0 Å². The first kappa shape index (κ1) is 8.47. The molecule has 0 aromatic heterocycles. The van der Waals surface area contributed by atoms with Crippen LogP contribution in [-0.2, 0) is 4.84 Å². The second-order valence-corrected chi connectivity index (χ2v) is 2.38. The van der Waals surface area contributed by atoms with Gasteiger partial charge < -0.3 is 4.84 Å². The first-order chi connectivity index (χ1) is 4.18. The van der Waals surface area contributed by atoms with Crippen LogP contribution < -0.4 is 0 Å². The average molecular weight is 129 g/mol. The molecule has 0 saturated heterocycles. The molecule has 9 heavy (non-hydrogen) atoms. The standard InChI is InChI=1S/C7H15NO/c1-5-7(3,6-2)9-8-4/h4-6H2,1-3H3. The van der Waals surface area contributed by atoms with Gasteiger partial charge in [0.25, 0.3) is 0 Å². The van der Waals surface area contributed by atoms with Gasteiger partial charge in [0, 0.05) is 6.72 Å². The van der Waals surface area contributed by atoms with Crippen LogP contribution in [0.25, 0.3) is 0 Å². The van der Waals surface area contributed by atoms with E-state index >= 15 is 0 Å². The minimum Gasteiger partial charge on any atom is -0.390 e. The number of rotatable bonds is 4. The summed E-state index contributed by atoms with van der Waals surface area (Å²) in [4.78, 5) is 5.04. The lowest BCUT2D eigenvalue weighted by molar-refractivity contribution is -0.0329. The maximum Gasteiger partial charge on any atom is 0.134 e. The molecule has 0 unspecified atom stereocenters. The molecule has 0 heterocycles. The molecule has 0 aliphatic heterocycles. The van der Waals surface area contributed by atoms with Crippen molar-refractivity contribution >= 4 is 6.72 Å². The van der Waals surface area contributed by atoms with Crippen molar-refractivity contribution in [2.24, 2.45) is 5.16 Å². The largest absolute Gasteiger partial charge is 0.390 e. The Bertz CT molecular complexity index is 86.9. The quantitative estimate of drug-likeness (QED) is 0.421. The van der Waals surface area contributed by atoms with Crippen molar-refractivity contribution in [3.8, 4) is 0 Å². The summed E-state index contributed by atoms with van der Waals surface area (Å²) in [5.41, 5.74) is -0.0955. The van der Waals surface area contributed by atoms with Crippen molar-refractivity contribution in [1.82, 2.24) is 0 Å². The van der Waals surface area contributed by atoms with Gasteiger partial charge in [0.05, 0.1) is 0 Å². The van der Waals surface area contributed by atoms with E-state index in [4.69, 9.17) is 4.84 Å². The Labute approximate surface area is 56.9 Å². The van der Waals surface area contributed by atoms with E-state index < -0.39 is 0 Å². The van der Waals surface area contributed by atoms with Crippen LogP contribution in [0.1, 0.15) is 33.6 Å². The molecule has 0 rings (SSSR count). The summed E-state index contributed by atoms with van der Waals surface area (Å²) in [6.07, 6.45) is 1.95. The molecule has 2 heteroatoms.